The van der Waals surface area contributed by atoms with E-state index in [0.29, 0.717) is 5.33 Å². The zero-order valence-corrected chi connectivity index (χ0v) is 11.9. The molecule has 5 nitrogen and oxygen atoms in total. The number of hydrogen-bond donors (Lipinski definition) is 0. The number of halogens is 1. The van der Waals surface area contributed by atoms with Crippen molar-refractivity contribution in [3.8, 4) is 0 Å². The lowest BCUT2D eigenvalue weighted by atomic mass is 9.95. The molecule has 0 amide bonds. The molecule has 0 N–H and O–H groups in total. The Bertz CT molecular complexity index is 472. The molecule has 0 atom stereocenters. The smallest absolute Gasteiger partial charge is 0.271 e. The van der Waals surface area contributed by atoms with Crippen molar-refractivity contribution in [3.05, 3.63) is 33.9 Å². The molecule has 0 radical (unpaired) electrons. The van der Waals surface area contributed by atoms with Gasteiger partial charge in [0, 0.05) is 43.3 Å². The highest BCUT2D eigenvalue weighted by atomic mass is 79.9. The molecular formula is C12H15BrN2O3. The van der Waals surface area contributed by atoms with E-state index in [9.17, 15) is 10.1 Å². The lowest BCUT2D eigenvalue weighted by Gasteiger charge is -2.48. The number of anilines is 1. The minimum atomic E-state index is -0.356. The van der Waals surface area contributed by atoms with E-state index in [1.165, 1.54) is 0 Å². The summed E-state index contributed by atoms with van der Waals surface area (Å²) in [6, 6.07) is 5.17. The van der Waals surface area contributed by atoms with Crippen LogP contribution >= 0.6 is 15.9 Å². The number of nitro benzene ring substituents is 1. The van der Waals surface area contributed by atoms with Gasteiger partial charge in [-0.15, -0.1) is 0 Å². The van der Waals surface area contributed by atoms with Gasteiger partial charge in [0.25, 0.3) is 5.69 Å². The summed E-state index contributed by atoms with van der Waals surface area (Å²) in [5.41, 5.74) is 1.78. The Morgan fingerprint density at radius 1 is 1.50 bits per heavy atom. The van der Waals surface area contributed by atoms with Crippen molar-refractivity contribution in [2.24, 2.45) is 0 Å². The lowest BCUT2D eigenvalue weighted by molar-refractivity contribution is -0.384. The van der Waals surface area contributed by atoms with E-state index >= 15 is 0 Å². The molecule has 6 heteroatoms. The van der Waals surface area contributed by atoms with Gasteiger partial charge in [0.2, 0.25) is 0 Å². The number of rotatable bonds is 4. The van der Waals surface area contributed by atoms with Gasteiger partial charge in [-0.1, -0.05) is 15.9 Å². The van der Waals surface area contributed by atoms with Gasteiger partial charge in [0.05, 0.1) is 10.5 Å². The minimum Gasteiger partial charge on any atom is -0.375 e. The van der Waals surface area contributed by atoms with E-state index in [-0.39, 0.29) is 16.2 Å². The first-order valence-corrected chi connectivity index (χ1v) is 6.74. The number of methoxy groups -OCH3 is 1. The summed E-state index contributed by atoms with van der Waals surface area (Å²) in [4.78, 5) is 12.6. The van der Waals surface area contributed by atoms with Gasteiger partial charge < -0.3 is 9.64 Å². The molecule has 1 aliphatic rings. The molecule has 98 valence electrons. The SMILES string of the molecule is COC1(C)CN(c2cc(CBr)cc([N+](=O)[O-])c2)C1. The molecule has 0 bridgehead atoms. The fourth-order valence-corrected chi connectivity index (χ4v) is 2.42. The third kappa shape index (κ3) is 2.49. The normalized spacial score (nSPS) is 17.4. The van der Waals surface area contributed by atoms with Crippen molar-refractivity contribution in [1.82, 2.24) is 0 Å². The summed E-state index contributed by atoms with van der Waals surface area (Å²) in [7, 11) is 1.69. The second-order valence-electron chi connectivity index (χ2n) is 4.76. The van der Waals surface area contributed by atoms with Crippen LogP contribution in [0.5, 0.6) is 0 Å². The highest BCUT2D eigenvalue weighted by Gasteiger charge is 2.39. The van der Waals surface area contributed by atoms with E-state index in [1.54, 1.807) is 19.2 Å². The maximum Gasteiger partial charge on any atom is 0.271 e. The van der Waals surface area contributed by atoms with Gasteiger partial charge in [0.1, 0.15) is 0 Å². The summed E-state index contributed by atoms with van der Waals surface area (Å²) in [6.45, 7) is 3.55. The number of nitrogens with zero attached hydrogens (tertiary/aromatic N) is 2. The van der Waals surface area contributed by atoms with Crippen LogP contribution in [0.25, 0.3) is 0 Å². The average Bonchev–Trinajstić information content (AvgIpc) is 2.34. The van der Waals surface area contributed by atoms with Crippen molar-refractivity contribution in [2.45, 2.75) is 17.9 Å². The Hall–Kier alpha value is -1.14. The van der Waals surface area contributed by atoms with Crippen LogP contribution in [-0.4, -0.2) is 30.7 Å². The first-order valence-electron chi connectivity index (χ1n) is 5.62. The van der Waals surface area contributed by atoms with Crippen molar-refractivity contribution in [2.75, 3.05) is 25.1 Å². The highest BCUT2D eigenvalue weighted by Crippen LogP contribution is 2.33. The Morgan fingerprint density at radius 3 is 2.67 bits per heavy atom. The van der Waals surface area contributed by atoms with E-state index in [1.807, 2.05) is 13.0 Å². The van der Waals surface area contributed by atoms with Crippen LogP contribution < -0.4 is 4.90 Å². The predicted octanol–water partition coefficient (Wildman–Crippen LogP) is 2.71. The Balaban J connectivity index is 2.24. The molecule has 0 spiro atoms. The maximum absolute atomic E-state index is 10.9. The number of nitro groups is 1. The Morgan fingerprint density at radius 2 is 2.17 bits per heavy atom. The average molecular weight is 315 g/mol. The molecule has 1 saturated heterocycles. The van der Waals surface area contributed by atoms with Gasteiger partial charge in [-0.25, -0.2) is 0 Å². The van der Waals surface area contributed by atoms with Crippen LogP contribution in [0.2, 0.25) is 0 Å². The molecule has 0 unspecified atom stereocenters. The number of alkyl halides is 1. The number of ether oxygens (including phenoxy) is 1. The van der Waals surface area contributed by atoms with Crippen LogP contribution in [0, 0.1) is 10.1 Å². The highest BCUT2D eigenvalue weighted by molar-refractivity contribution is 9.08. The van der Waals surface area contributed by atoms with Crippen molar-refractivity contribution < 1.29 is 9.66 Å². The molecule has 18 heavy (non-hydrogen) atoms. The van der Waals surface area contributed by atoms with Crippen molar-refractivity contribution >= 4 is 27.3 Å². The van der Waals surface area contributed by atoms with Crippen LogP contribution in [-0.2, 0) is 10.1 Å². The largest absolute Gasteiger partial charge is 0.375 e. The molecule has 1 heterocycles. The Labute approximate surface area is 114 Å². The number of non-ortho nitro benzene ring substituents is 1. The third-order valence-electron chi connectivity index (χ3n) is 3.24. The molecule has 1 aromatic carbocycles. The minimum absolute atomic E-state index is 0.132. The summed E-state index contributed by atoms with van der Waals surface area (Å²) < 4.78 is 5.37. The summed E-state index contributed by atoms with van der Waals surface area (Å²) in [5.74, 6) is 0. The Kier molecular flexibility index (Phi) is 3.59. The second-order valence-corrected chi connectivity index (χ2v) is 5.32. The van der Waals surface area contributed by atoms with E-state index < -0.39 is 0 Å². The van der Waals surface area contributed by atoms with Gasteiger partial charge >= 0.3 is 0 Å². The number of hydrogen-bond acceptors (Lipinski definition) is 4. The van der Waals surface area contributed by atoms with Crippen LogP contribution in [0.1, 0.15) is 12.5 Å². The standard InChI is InChI=1S/C12H15BrN2O3/c1-12(18-2)7-14(8-12)10-3-9(6-13)4-11(5-10)15(16)17/h3-5H,6-8H2,1-2H3. The fraction of sp³-hybridized carbons (Fsp3) is 0.500. The zero-order valence-electron chi connectivity index (χ0n) is 10.4. The summed E-state index contributed by atoms with van der Waals surface area (Å²) in [5, 5.41) is 11.5. The third-order valence-corrected chi connectivity index (χ3v) is 3.88. The molecule has 1 aromatic rings. The zero-order chi connectivity index (χ0) is 13.3. The first kappa shape index (κ1) is 13.3. The lowest BCUT2D eigenvalue weighted by Crippen LogP contribution is -2.61. The maximum atomic E-state index is 10.9. The molecular weight excluding hydrogens is 300 g/mol. The number of benzene rings is 1. The van der Waals surface area contributed by atoms with Crippen LogP contribution in [0.15, 0.2) is 18.2 Å². The van der Waals surface area contributed by atoms with Crippen LogP contribution in [0.3, 0.4) is 0 Å². The summed E-state index contributed by atoms with van der Waals surface area (Å²) >= 11 is 3.33. The topological polar surface area (TPSA) is 55.6 Å². The molecule has 1 fully saturated rings. The van der Waals surface area contributed by atoms with Gasteiger partial charge in [-0.2, -0.15) is 0 Å². The van der Waals surface area contributed by atoms with E-state index in [0.717, 1.165) is 24.3 Å². The molecule has 0 aliphatic carbocycles. The molecule has 0 saturated carbocycles. The van der Waals surface area contributed by atoms with Gasteiger partial charge in [-0.05, 0) is 18.6 Å². The predicted molar refractivity (Wildman–Crippen MR) is 73.4 cm³/mol. The quantitative estimate of drug-likeness (QED) is 0.487. The summed E-state index contributed by atoms with van der Waals surface area (Å²) in [6.07, 6.45) is 0. The fourth-order valence-electron chi connectivity index (χ4n) is 2.09. The first-order chi connectivity index (χ1) is 8.47. The molecule has 2 rings (SSSR count). The molecule has 1 aliphatic heterocycles. The van der Waals surface area contributed by atoms with Crippen molar-refractivity contribution in [1.29, 1.82) is 0 Å². The van der Waals surface area contributed by atoms with Crippen LogP contribution in [0.4, 0.5) is 11.4 Å². The van der Waals surface area contributed by atoms with Gasteiger partial charge in [-0.3, -0.25) is 10.1 Å². The van der Waals surface area contributed by atoms with Crippen molar-refractivity contribution in [3.63, 3.8) is 0 Å². The second kappa shape index (κ2) is 4.85. The van der Waals surface area contributed by atoms with E-state index in [4.69, 9.17) is 4.74 Å². The molecule has 0 aromatic heterocycles. The van der Waals surface area contributed by atoms with E-state index in [2.05, 4.69) is 20.8 Å². The van der Waals surface area contributed by atoms with Gasteiger partial charge in [0.15, 0.2) is 0 Å². The monoisotopic (exact) mass is 314 g/mol.